The Morgan fingerprint density at radius 2 is 2.25 bits per heavy atom. The van der Waals surface area contributed by atoms with E-state index in [0.717, 1.165) is 5.69 Å². The summed E-state index contributed by atoms with van der Waals surface area (Å²) in [5.74, 6) is 0.738. The molecule has 0 radical (unpaired) electrons. The molecule has 0 spiro atoms. The Balaban J connectivity index is 3.14. The molecule has 1 aromatic heterocycles. The first-order valence-electron chi connectivity index (χ1n) is 5.30. The van der Waals surface area contributed by atoms with Gasteiger partial charge in [0.05, 0.1) is 18.8 Å². The predicted octanol–water partition coefficient (Wildman–Crippen LogP) is 1.44. The largest absolute Gasteiger partial charge is 0.383 e. The second-order valence-electron chi connectivity index (χ2n) is 3.93. The summed E-state index contributed by atoms with van der Waals surface area (Å²) in [7, 11) is 1.61. The molecule has 0 amide bonds. The number of methoxy groups -OCH3 is 1. The zero-order valence-corrected chi connectivity index (χ0v) is 10.8. The molecule has 5 heteroatoms. The minimum absolute atomic E-state index is 0.0727. The lowest BCUT2D eigenvalue weighted by Gasteiger charge is -2.11. The van der Waals surface area contributed by atoms with Crippen molar-refractivity contribution in [1.82, 2.24) is 9.78 Å². The van der Waals surface area contributed by atoms with Gasteiger partial charge in [0.1, 0.15) is 0 Å². The first-order valence-corrected chi connectivity index (χ1v) is 5.94. The summed E-state index contributed by atoms with van der Waals surface area (Å²) in [5, 5.41) is 4.31. The molecular weight excluding hydrogens is 224 g/mol. The predicted molar refractivity (Wildman–Crippen MR) is 67.2 cm³/mol. The van der Waals surface area contributed by atoms with Crippen molar-refractivity contribution in [2.75, 3.05) is 13.7 Å². The molecule has 1 rings (SSSR count). The third kappa shape index (κ3) is 3.09. The van der Waals surface area contributed by atoms with Gasteiger partial charge in [0, 0.05) is 18.4 Å². The standard InChI is InChI=1S/C11H18N2O2S/c1-8(2)10-6-9(7-16)11(14)13(12-10)4-5-15-3/h6,8,16H,4-5,7H2,1-3H3. The summed E-state index contributed by atoms with van der Waals surface area (Å²) in [6.45, 7) is 5.07. The van der Waals surface area contributed by atoms with Crippen LogP contribution in [0.4, 0.5) is 0 Å². The van der Waals surface area contributed by atoms with Crippen molar-refractivity contribution in [3.63, 3.8) is 0 Å². The van der Waals surface area contributed by atoms with E-state index in [1.165, 1.54) is 4.68 Å². The molecule has 0 aliphatic rings. The smallest absolute Gasteiger partial charge is 0.270 e. The Labute approximate surface area is 101 Å². The van der Waals surface area contributed by atoms with Gasteiger partial charge in [-0.3, -0.25) is 4.79 Å². The van der Waals surface area contributed by atoms with Gasteiger partial charge in [0.25, 0.3) is 5.56 Å². The summed E-state index contributed by atoms with van der Waals surface area (Å²) >= 11 is 4.16. The molecule has 0 aliphatic carbocycles. The molecule has 0 aromatic carbocycles. The Hall–Kier alpha value is -0.810. The van der Waals surface area contributed by atoms with Crippen molar-refractivity contribution >= 4 is 12.6 Å². The quantitative estimate of drug-likeness (QED) is 0.795. The molecule has 1 aromatic rings. The maximum absolute atomic E-state index is 11.9. The maximum Gasteiger partial charge on any atom is 0.270 e. The van der Waals surface area contributed by atoms with Gasteiger partial charge in [-0.15, -0.1) is 0 Å². The molecule has 0 N–H and O–H groups in total. The fourth-order valence-corrected chi connectivity index (χ4v) is 1.57. The zero-order valence-electron chi connectivity index (χ0n) is 9.93. The monoisotopic (exact) mass is 242 g/mol. The van der Waals surface area contributed by atoms with Crippen LogP contribution in [0.2, 0.25) is 0 Å². The molecule has 0 bridgehead atoms. The molecule has 16 heavy (non-hydrogen) atoms. The molecule has 4 nitrogen and oxygen atoms in total. The highest BCUT2D eigenvalue weighted by molar-refractivity contribution is 7.79. The van der Waals surface area contributed by atoms with E-state index in [4.69, 9.17) is 4.74 Å². The number of hydrogen-bond donors (Lipinski definition) is 1. The van der Waals surface area contributed by atoms with E-state index < -0.39 is 0 Å². The lowest BCUT2D eigenvalue weighted by atomic mass is 10.1. The molecule has 0 atom stereocenters. The second kappa shape index (κ2) is 6.06. The SMILES string of the molecule is COCCn1nc(C(C)C)cc(CS)c1=O. The lowest BCUT2D eigenvalue weighted by Crippen LogP contribution is -2.28. The summed E-state index contributed by atoms with van der Waals surface area (Å²) in [6.07, 6.45) is 0. The van der Waals surface area contributed by atoms with Crippen molar-refractivity contribution in [2.24, 2.45) is 0 Å². The summed E-state index contributed by atoms with van der Waals surface area (Å²) in [5.41, 5.74) is 1.54. The third-order valence-corrected chi connectivity index (χ3v) is 2.68. The van der Waals surface area contributed by atoms with Crippen LogP contribution < -0.4 is 5.56 Å². The van der Waals surface area contributed by atoms with E-state index in [0.29, 0.717) is 30.4 Å². The van der Waals surface area contributed by atoms with Crippen molar-refractivity contribution < 1.29 is 4.74 Å². The van der Waals surface area contributed by atoms with Gasteiger partial charge in [-0.1, -0.05) is 13.8 Å². The number of hydrogen-bond acceptors (Lipinski definition) is 4. The van der Waals surface area contributed by atoms with Gasteiger partial charge in [0.15, 0.2) is 0 Å². The van der Waals surface area contributed by atoms with Crippen LogP contribution in [0.15, 0.2) is 10.9 Å². The molecule has 0 saturated carbocycles. The minimum atomic E-state index is -0.0727. The normalized spacial score (nSPS) is 11.1. The molecule has 0 aliphatic heterocycles. The second-order valence-corrected chi connectivity index (χ2v) is 4.24. The first kappa shape index (κ1) is 13.3. The molecule has 1 heterocycles. The first-order chi connectivity index (χ1) is 7.60. The molecule has 90 valence electrons. The number of nitrogens with zero attached hydrogens (tertiary/aromatic N) is 2. The highest BCUT2D eigenvalue weighted by Crippen LogP contribution is 2.11. The highest BCUT2D eigenvalue weighted by Gasteiger charge is 2.09. The Morgan fingerprint density at radius 1 is 1.56 bits per heavy atom. The minimum Gasteiger partial charge on any atom is -0.383 e. The van der Waals surface area contributed by atoms with E-state index in [1.807, 2.05) is 6.07 Å². The van der Waals surface area contributed by atoms with Crippen LogP contribution in [0.1, 0.15) is 31.0 Å². The molecule has 0 fully saturated rings. The molecular formula is C11H18N2O2S. The van der Waals surface area contributed by atoms with Gasteiger partial charge >= 0.3 is 0 Å². The maximum atomic E-state index is 11.9. The van der Waals surface area contributed by atoms with E-state index in [9.17, 15) is 4.79 Å². The topological polar surface area (TPSA) is 44.1 Å². The Morgan fingerprint density at radius 3 is 2.75 bits per heavy atom. The fourth-order valence-electron chi connectivity index (χ4n) is 1.34. The fraction of sp³-hybridized carbons (Fsp3) is 0.636. The van der Waals surface area contributed by atoms with Crippen LogP contribution in [-0.4, -0.2) is 23.5 Å². The van der Waals surface area contributed by atoms with E-state index in [-0.39, 0.29) is 5.56 Å². The number of ether oxygens (including phenoxy) is 1. The highest BCUT2D eigenvalue weighted by atomic mass is 32.1. The van der Waals surface area contributed by atoms with Gasteiger partial charge in [-0.2, -0.15) is 17.7 Å². The van der Waals surface area contributed by atoms with Crippen LogP contribution in [0.25, 0.3) is 0 Å². The van der Waals surface area contributed by atoms with Crippen molar-refractivity contribution in [3.8, 4) is 0 Å². The molecule has 0 unspecified atom stereocenters. The van der Waals surface area contributed by atoms with Crippen LogP contribution in [0, 0.1) is 0 Å². The zero-order chi connectivity index (χ0) is 12.1. The third-order valence-electron chi connectivity index (χ3n) is 2.34. The average molecular weight is 242 g/mol. The summed E-state index contributed by atoms with van der Waals surface area (Å²) < 4.78 is 6.42. The molecule has 0 saturated heterocycles. The van der Waals surface area contributed by atoms with Gasteiger partial charge < -0.3 is 4.74 Å². The van der Waals surface area contributed by atoms with Crippen molar-refractivity contribution in [1.29, 1.82) is 0 Å². The van der Waals surface area contributed by atoms with Crippen LogP contribution in [0.5, 0.6) is 0 Å². The van der Waals surface area contributed by atoms with E-state index in [1.54, 1.807) is 7.11 Å². The van der Waals surface area contributed by atoms with E-state index >= 15 is 0 Å². The van der Waals surface area contributed by atoms with Crippen LogP contribution in [-0.2, 0) is 17.0 Å². The number of rotatable bonds is 5. The van der Waals surface area contributed by atoms with E-state index in [2.05, 4.69) is 31.6 Å². The average Bonchev–Trinajstić information content (AvgIpc) is 2.27. The van der Waals surface area contributed by atoms with Crippen molar-refractivity contribution in [2.45, 2.75) is 32.1 Å². The van der Waals surface area contributed by atoms with Gasteiger partial charge in [-0.05, 0) is 12.0 Å². The number of thiol groups is 1. The van der Waals surface area contributed by atoms with Gasteiger partial charge in [-0.25, -0.2) is 4.68 Å². The Bertz CT molecular complexity index is 401. The van der Waals surface area contributed by atoms with Crippen LogP contribution in [0.3, 0.4) is 0 Å². The Kier molecular flexibility index (Phi) is 5.02. The van der Waals surface area contributed by atoms with Crippen LogP contribution >= 0.6 is 12.6 Å². The lowest BCUT2D eigenvalue weighted by molar-refractivity contribution is 0.181. The summed E-state index contributed by atoms with van der Waals surface area (Å²) in [6, 6.07) is 1.84. The number of aromatic nitrogens is 2. The van der Waals surface area contributed by atoms with Crippen molar-refractivity contribution in [3.05, 3.63) is 27.7 Å². The van der Waals surface area contributed by atoms with Gasteiger partial charge in [0.2, 0.25) is 0 Å². The summed E-state index contributed by atoms with van der Waals surface area (Å²) in [4.78, 5) is 11.9.